The van der Waals surface area contributed by atoms with E-state index >= 15 is 0 Å². The molecule has 0 saturated carbocycles. The normalized spacial score (nSPS) is 11.7. The van der Waals surface area contributed by atoms with Gasteiger partial charge in [-0.25, -0.2) is 0 Å². The summed E-state index contributed by atoms with van der Waals surface area (Å²) in [6, 6.07) is 9.47. The molecule has 0 fully saturated rings. The van der Waals surface area contributed by atoms with Gasteiger partial charge in [-0.3, -0.25) is 4.79 Å². The molecule has 6 heteroatoms. The second-order valence-electron chi connectivity index (χ2n) is 5.19. The first-order valence-electron chi connectivity index (χ1n) is 7.33. The topological polar surface area (TPSA) is 85.2 Å². The number of hydrogen-bond acceptors (Lipinski definition) is 6. The maximum Gasteiger partial charge on any atom is 0.205 e. The Balaban J connectivity index is 2.27. The highest BCUT2D eigenvalue weighted by Crippen LogP contribution is 2.30. The Labute approximate surface area is 140 Å². The van der Waals surface area contributed by atoms with E-state index in [1.807, 2.05) is 13.0 Å². The van der Waals surface area contributed by atoms with Crippen molar-refractivity contribution in [2.45, 2.75) is 13.0 Å². The number of aliphatic hydroxyl groups excluding tert-OH is 1. The van der Waals surface area contributed by atoms with Crippen molar-refractivity contribution in [3.63, 3.8) is 0 Å². The first-order valence-corrected chi connectivity index (χ1v) is 7.33. The summed E-state index contributed by atoms with van der Waals surface area (Å²) in [4.78, 5) is 12.6. The van der Waals surface area contributed by atoms with E-state index in [9.17, 15) is 15.0 Å². The highest BCUT2D eigenvalue weighted by molar-refractivity contribution is 6.00. The van der Waals surface area contributed by atoms with Crippen LogP contribution < -0.4 is 14.2 Å². The highest BCUT2D eigenvalue weighted by atomic mass is 16.5. The van der Waals surface area contributed by atoms with Gasteiger partial charge in [0.2, 0.25) is 5.78 Å². The third kappa shape index (κ3) is 3.78. The molecule has 0 radical (unpaired) electrons. The van der Waals surface area contributed by atoms with Crippen molar-refractivity contribution in [2.24, 2.45) is 0 Å². The van der Waals surface area contributed by atoms with Crippen molar-refractivity contribution in [1.82, 2.24) is 0 Å². The van der Waals surface area contributed by atoms with Crippen molar-refractivity contribution in [3.8, 4) is 23.0 Å². The number of hydrogen-bond donors (Lipinski definition) is 2. The zero-order valence-electron chi connectivity index (χ0n) is 13.8. The van der Waals surface area contributed by atoms with E-state index in [1.54, 1.807) is 12.1 Å². The molecule has 0 amide bonds. The van der Waals surface area contributed by atoms with E-state index in [4.69, 9.17) is 14.2 Å². The van der Waals surface area contributed by atoms with Crippen molar-refractivity contribution < 1.29 is 29.2 Å². The predicted molar refractivity (Wildman–Crippen MR) is 88.2 cm³/mol. The van der Waals surface area contributed by atoms with Crippen LogP contribution in [0.25, 0.3) is 0 Å². The van der Waals surface area contributed by atoms with Gasteiger partial charge in [0, 0.05) is 5.56 Å². The first-order chi connectivity index (χ1) is 11.5. The third-order valence-corrected chi connectivity index (χ3v) is 3.51. The quantitative estimate of drug-likeness (QED) is 0.757. The zero-order valence-corrected chi connectivity index (χ0v) is 13.8. The highest BCUT2D eigenvalue weighted by Gasteiger charge is 2.23. The van der Waals surface area contributed by atoms with Gasteiger partial charge in [0.25, 0.3) is 0 Å². The Morgan fingerprint density at radius 2 is 1.75 bits per heavy atom. The summed E-state index contributed by atoms with van der Waals surface area (Å²) in [6.07, 6.45) is -1.10. The molecular weight excluding hydrogens is 312 g/mol. The molecule has 0 spiro atoms. The first kappa shape index (κ1) is 17.6. The lowest BCUT2D eigenvalue weighted by atomic mass is 10.1. The van der Waals surface area contributed by atoms with Crippen LogP contribution in [0.1, 0.15) is 15.9 Å². The van der Waals surface area contributed by atoms with Gasteiger partial charge in [0.15, 0.2) is 29.1 Å². The van der Waals surface area contributed by atoms with Gasteiger partial charge >= 0.3 is 0 Å². The molecule has 1 unspecified atom stereocenters. The number of aryl methyl sites for hydroxylation is 1. The minimum absolute atomic E-state index is 0.0734. The Bertz CT molecular complexity index is 725. The van der Waals surface area contributed by atoms with Gasteiger partial charge in [0.1, 0.15) is 0 Å². The molecular formula is C18H20O6. The monoisotopic (exact) mass is 332 g/mol. The van der Waals surface area contributed by atoms with E-state index in [1.165, 1.54) is 32.4 Å². The van der Waals surface area contributed by atoms with Crippen molar-refractivity contribution in [2.75, 3.05) is 20.8 Å². The molecule has 2 rings (SSSR count). The SMILES string of the molecule is COc1cc(C(=O)C(CO)Oc2ccc(C)cc2OC)ccc1O. The molecule has 2 aromatic carbocycles. The van der Waals surface area contributed by atoms with Gasteiger partial charge in [-0.05, 0) is 42.8 Å². The number of carbonyl (C=O) groups excluding carboxylic acids is 1. The lowest BCUT2D eigenvalue weighted by Crippen LogP contribution is -2.31. The van der Waals surface area contributed by atoms with Crippen LogP contribution in [0.2, 0.25) is 0 Å². The number of rotatable bonds is 7. The van der Waals surface area contributed by atoms with E-state index in [2.05, 4.69) is 0 Å². The second kappa shape index (κ2) is 7.70. The third-order valence-electron chi connectivity index (χ3n) is 3.51. The molecule has 1 atom stereocenters. The minimum Gasteiger partial charge on any atom is -0.504 e. The number of phenols is 1. The molecule has 0 heterocycles. The molecule has 0 saturated heterocycles. The number of ketones is 1. The summed E-state index contributed by atoms with van der Waals surface area (Å²) < 4.78 is 15.9. The summed E-state index contributed by atoms with van der Waals surface area (Å²) in [7, 11) is 2.89. The van der Waals surface area contributed by atoms with Gasteiger partial charge < -0.3 is 24.4 Å². The van der Waals surface area contributed by atoms with Crippen LogP contribution in [-0.2, 0) is 0 Å². The fourth-order valence-electron chi connectivity index (χ4n) is 2.22. The number of Topliss-reactive ketones (excluding diaryl/α,β-unsaturated/α-hetero) is 1. The average Bonchev–Trinajstić information content (AvgIpc) is 2.60. The Hall–Kier alpha value is -2.73. The standard InChI is InChI=1S/C18H20O6/c1-11-4-7-14(16(8-11)23-3)24-17(10-19)18(21)12-5-6-13(20)15(9-12)22-2/h4-9,17,19-20H,10H2,1-3H3. The number of ether oxygens (including phenoxy) is 3. The van der Waals surface area contributed by atoms with Gasteiger partial charge in [-0.1, -0.05) is 6.07 Å². The van der Waals surface area contributed by atoms with Crippen LogP contribution in [0.5, 0.6) is 23.0 Å². The summed E-state index contributed by atoms with van der Waals surface area (Å²) >= 11 is 0. The second-order valence-corrected chi connectivity index (χ2v) is 5.19. The summed E-state index contributed by atoms with van der Waals surface area (Å²) in [6.45, 7) is 1.41. The number of methoxy groups -OCH3 is 2. The lowest BCUT2D eigenvalue weighted by Gasteiger charge is -2.18. The van der Waals surface area contributed by atoms with Crippen LogP contribution >= 0.6 is 0 Å². The van der Waals surface area contributed by atoms with Gasteiger partial charge in [-0.15, -0.1) is 0 Å². The smallest absolute Gasteiger partial charge is 0.205 e. The lowest BCUT2D eigenvalue weighted by molar-refractivity contribution is 0.0651. The minimum atomic E-state index is -1.10. The molecule has 24 heavy (non-hydrogen) atoms. The molecule has 2 aromatic rings. The summed E-state index contributed by atoms with van der Waals surface area (Å²) in [5, 5.41) is 19.2. The molecule has 2 N–H and O–H groups in total. The van der Waals surface area contributed by atoms with Crippen molar-refractivity contribution in [1.29, 1.82) is 0 Å². The molecule has 0 aliphatic carbocycles. The fourth-order valence-corrected chi connectivity index (χ4v) is 2.22. The van der Waals surface area contributed by atoms with Crippen molar-refractivity contribution >= 4 is 5.78 Å². The van der Waals surface area contributed by atoms with Crippen molar-refractivity contribution in [3.05, 3.63) is 47.5 Å². The van der Waals surface area contributed by atoms with Gasteiger partial charge in [0.05, 0.1) is 20.8 Å². The van der Waals surface area contributed by atoms with Crippen LogP contribution in [-0.4, -0.2) is 42.9 Å². The Kier molecular flexibility index (Phi) is 5.65. The van der Waals surface area contributed by atoms with E-state index in [0.717, 1.165) is 5.56 Å². The summed E-state index contributed by atoms with van der Waals surface area (Å²) in [5.74, 6) is 0.505. The molecule has 0 aliphatic rings. The zero-order chi connectivity index (χ0) is 17.7. The fraction of sp³-hybridized carbons (Fsp3) is 0.278. The van der Waals surface area contributed by atoms with Crippen LogP contribution in [0.3, 0.4) is 0 Å². The number of aromatic hydroxyl groups is 1. The predicted octanol–water partition coefficient (Wildman–Crippen LogP) is 2.34. The largest absolute Gasteiger partial charge is 0.504 e. The van der Waals surface area contributed by atoms with E-state index < -0.39 is 18.5 Å². The number of phenolic OH excluding ortho intramolecular Hbond substituents is 1. The molecule has 128 valence electrons. The van der Waals surface area contributed by atoms with Gasteiger partial charge in [-0.2, -0.15) is 0 Å². The molecule has 6 nitrogen and oxygen atoms in total. The van der Waals surface area contributed by atoms with Crippen LogP contribution in [0, 0.1) is 6.92 Å². The molecule has 0 aromatic heterocycles. The van der Waals surface area contributed by atoms with E-state index in [-0.39, 0.29) is 17.1 Å². The van der Waals surface area contributed by atoms with E-state index in [0.29, 0.717) is 11.5 Å². The van der Waals surface area contributed by atoms with Crippen LogP contribution in [0.4, 0.5) is 0 Å². The molecule has 0 aliphatic heterocycles. The van der Waals surface area contributed by atoms with Crippen LogP contribution in [0.15, 0.2) is 36.4 Å². The maximum atomic E-state index is 12.6. The maximum absolute atomic E-state index is 12.6. The number of benzene rings is 2. The Morgan fingerprint density at radius 3 is 2.38 bits per heavy atom. The number of aliphatic hydroxyl groups is 1. The number of carbonyl (C=O) groups is 1. The Morgan fingerprint density at radius 1 is 1.04 bits per heavy atom. The average molecular weight is 332 g/mol. The summed E-state index contributed by atoms with van der Waals surface area (Å²) in [5.41, 5.74) is 1.24. The molecule has 0 bridgehead atoms.